The minimum Gasteiger partial charge on any atom is -0.360 e. The van der Waals surface area contributed by atoms with Gasteiger partial charge in [0.1, 0.15) is 22.8 Å². The molecule has 0 bridgehead atoms. The minimum atomic E-state index is -0.530. The summed E-state index contributed by atoms with van der Waals surface area (Å²) in [5.41, 5.74) is 0.536. The second-order valence-corrected chi connectivity index (χ2v) is 5.76. The molecule has 2 rings (SSSR count). The van der Waals surface area contributed by atoms with E-state index in [1.807, 2.05) is 13.8 Å². The molecule has 0 aliphatic rings. The van der Waals surface area contributed by atoms with Crippen LogP contribution in [0.4, 0.5) is 4.39 Å². The highest BCUT2D eigenvalue weighted by Crippen LogP contribution is 2.34. The molecule has 1 heterocycles. The van der Waals surface area contributed by atoms with Crippen molar-refractivity contribution in [2.24, 2.45) is 0 Å². The smallest absolute Gasteiger partial charge is 0.259 e. The van der Waals surface area contributed by atoms with Crippen LogP contribution in [-0.2, 0) is 0 Å². The maximum absolute atomic E-state index is 14.2. The van der Waals surface area contributed by atoms with Crippen LogP contribution in [0.25, 0.3) is 11.3 Å². The first kappa shape index (κ1) is 17.5. The van der Waals surface area contributed by atoms with Gasteiger partial charge in [-0.05, 0) is 31.9 Å². The fourth-order valence-electron chi connectivity index (χ4n) is 2.53. The van der Waals surface area contributed by atoms with Gasteiger partial charge in [-0.1, -0.05) is 36.7 Å². The number of hydrogen-bond donors (Lipinski definition) is 0. The van der Waals surface area contributed by atoms with E-state index < -0.39 is 5.82 Å². The molecule has 0 spiro atoms. The van der Waals surface area contributed by atoms with Crippen molar-refractivity contribution in [3.8, 4) is 11.3 Å². The second kappa shape index (κ2) is 7.59. The molecule has 0 unspecified atom stereocenters. The lowest BCUT2D eigenvalue weighted by molar-refractivity contribution is 0.0754. The molecular weight excluding hydrogens is 319 g/mol. The van der Waals surface area contributed by atoms with E-state index in [9.17, 15) is 9.18 Å². The third-order valence-corrected chi connectivity index (χ3v) is 3.87. The van der Waals surface area contributed by atoms with Crippen LogP contribution in [0.2, 0.25) is 5.02 Å². The summed E-state index contributed by atoms with van der Waals surface area (Å²) < 4.78 is 19.4. The van der Waals surface area contributed by atoms with Gasteiger partial charge in [0, 0.05) is 13.1 Å². The number of carbonyl (C=O) groups excluding carboxylic acids is 1. The summed E-state index contributed by atoms with van der Waals surface area (Å²) in [5.74, 6) is -0.374. The lowest BCUT2D eigenvalue weighted by atomic mass is 10.0. The Morgan fingerprint density at radius 2 is 1.96 bits per heavy atom. The molecule has 1 aromatic carbocycles. The van der Waals surface area contributed by atoms with Crippen molar-refractivity contribution in [2.45, 2.75) is 33.6 Å². The molecule has 124 valence electrons. The molecule has 0 aliphatic carbocycles. The quantitative estimate of drug-likeness (QED) is 0.766. The Bertz CT molecular complexity index is 674. The van der Waals surface area contributed by atoms with Gasteiger partial charge in [0.25, 0.3) is 5.91 Å². The summed E-state index contributed by atoms with van der Waals surface area (Å²) in [4.78, 5) is 14.6. The fourth-order valence-corrected chi connectivity index (χ4v) is 2.78. The van der Waals surface area contributed by atoms with Gasteiger partial charge in [-0.15, -0.1) is 0 Å². The predicted octanol–water partition coefficient (Wildman–Crippen LogP) is 4.70. The number of halogens is 2. The summed E-state index contributed by atoms with van der Waals surface area (Å²) in [5, 5.41) is 4.08. The number of benzene rings is 1. The van der Waals surface area contributed by atoms with Gasteiger partial charge in [0.2, 0.25) is 0 Å². The minimum absolute atomic E-state index is 0.0994. The number of nitrogens with zero attached hydrogens (tertiary/aromatic N) is 2. The third-order valence-electron chi connectivity index (χ3n) is 3.55. The summed E-state index contributed by atoms with van der Waals surface area (Å²) in [6.45, 7) is 6.91. The topological polar surface area (TPSA) is 46.3 Å². The highest BCUT2D eigenvalue weighted by molar-refractivity contribution is 6.33. The van der Waals surface area contributed by atoms with Crippen molar-refractivity contribution in [3.05, 3.63) is 40.4 Å². The zero-order valence-corrected chi connectivity index (χ0v) is 14.3. The SMILES string of the molecule is CCCN(CCC)C(=O)c1c(-c2c(F)cccc2Cl)noc1C. The van der Waals surface area contributed by atoms with Crippen molar-refractivity contribution >= 4 is 17.5 Å². The average molecular weight is 339 g/mol. The van der Waals surface area contributed by atoms with E-state index in [1.165, 1.54) is 12.1 Å². The summed E-state index contributed by atoms with van der Waals surface area (Å²) in [7, 11) is 0. The van der Waals surface area contributed by atoms with Crippen molar-refractivity contribution in [1.29, 1.82) is 0 Å². The number of amides is 1. The van der Waals surface area contributed by atoms with Crippen LogP contribution in [0.15, 0.2) is 22.7 Å². The molecular formula is C17H20ClFN2O2. The number of hydrogen-bond acceptors (Lipinski definition) is 3. The van der Waals surface area contributed by atoms with Crippen LogP contribution in [0.1, 0.15) is 42.8 Å². The van der Waals surface area contributed by atoms with Crippen LogP contribution in [0.5, 0.6) is 0 Å². The van der Waals surface area contributed by atoms with Crippen LogP contribution in [-0.4, -0.2) is 29.1 Å². The maximum atomic E-state index is 14.2. The van der Waals surface area contributed by atoms with E-state index >= 15 is 0 Å². The van der Waals surface area contributed by atoms with Crippen molar-refractivity contribution in [2.75, 3.05) is 13.1 Å². The maximum Gasteiger partial charge on any atom is 0.259 e. The van der Waals surface area contributed by atoms with Gasteiger partial charge in [0.15, 0.2) is 0 Å². The summed E-state index contributed by atoms with van der Waals surface area (Å²) in [6.07, 6.45) is 1.68. The molecule has 0 aliphatic heterocycles. The van der Waals surface area contributed by atoms with Crippen LogP contribution >= 0.6 is 11.6 Å². The lowest BCUT2D eigenvalue weighted by Crippen LogP contribution is -2.33. The molecule has 1 aromatic heterocycles. The van der Waals surface area contributed by atoms with Gasteiger partial charge in [-0.3, -0.25) is 4.79 Å². The van der Waals surface area contributed by atoms with E-state index in [-0.39, 0.29) is 27.8 Å². The third kappa shape index (κ3) is 3.55. The van der Waals surface area contributed by atoms with E-state index in [4.69, 9.17) is 16.1 Å². The molecule has 2 aromatic rings. The standard InChI is InChI=1S/C17H20ClFN2O2/c1-4-9-21(10-5-2)17(22)14-11(3)23-20-16(14)15-12(18)7-6-8-13(15)19/h6-8H,4-5,9-10H2,1-3H3. The molecule has 0 N–H and O–H groups in total. The molecule has 4 nitrogen and oxygen atoms in total. The second-order valence-electron chi connectivity index (χ2n) is 5.35. The molecule has 0 fully saturated rings. The predicted molar refractivity (Wildman–Crippen MR) is 88.1 cm³/mol. The van der Waals surface area contributed by atoms with Crippen LogP contribution in [0, 0.1) is 12.7 Å². The first-order valence-electron chi connectivity index (χ1n) is 7.71. The number of aromatic nitrogens is 1. The summed E-state index contributed by atoms with van der Waals surface area (Å²) in [6, 6.07) is 4.36. The first-order chi connectivity index (χ1) is 11.0. The Balaban J connectivity index is 2.52. The van der Waals surface area contributed by atoms with Crippen molar-refractivity contribution in [3.63, 3.8) is 0 Å². The highest BCUT2D eigenvalue weighted by atomic mass is 35.5. The normalized spacial score (nSPS) is 10.8. The molecule has 0 radical (unpaired) electrons. The van der Waals surface area contributed by atoms with E-state index in [1.54, 1.807) is 17.9 Å². The highest BCUT2D eigenvalue weighted by Gasteiger charge is 2.28. The number of carbonyl (C=O) groups is 1. The number of rotatable bonds is 6. The average Bonchev–Trinajstić information content (AvgIpc) is 2.88. The van der Waals surface area contributed by atoms with E-state index in [0.717, 1.165) is 12.8 Å². The zero-order chi connectivity index (χ0) is 17.0. The van der Waals surface area contributed by atoms with Gasteiger partial charge in [-0.25, -0.2) is 4.39 Å². The first-order valence-corrected chi connectivity index (χ1v) is 8.08. The molecule has 0 saturated carbocycles. The monoisotopic (exact) mass is 338 g/mol. The lowest BCUT2D eigenvalue weighted by Gasteiger charge is -2.21. The van der Waals surface area contributed by atoms with Crippen LogP contribution < -0.4 is 0 Å². The van der Waals surface area contributed by atoms with Crippen molar-refractivity contribution < 1.29 is 13.7 Å². The summed E-state index contributed by atoms with van der Waals surface area (Å²) >= 11 is 6.11. The van der Waals surface area contributed by atoms with Gasteiger partial charge >= 0.3 is 0 Å². The zero-order valence-electron chi connectivity index (χ0n) is 13.5. The van der Waals surface area contributed by atoms with E-state index in [0.29, 0.717) is 18.8 Å². The molecule has 0 atom stereocenters. The fraction of sp³-hybridized carbons (Fsp3) is 0.412. The Hall–Kier alpha value is -1.88. The van der Waals surface area contributed by atoms with Gasteiger partial charge in [0.05, 0.1) is 10.6 Å². The Labute approximate surface area is 140 Å². The molecule has 1 amide bonds. The van der Waals surface area contributed by atoms with Crippen molar-refractivity contribution in [1.82, 2.24) is 10.1 Å². The Morgan fingerprint density at radius 3 is 2.52 bits per heavy atom. The van der Waals surface area contributed by atoms with Gasteiger partial charge < -0.3 is 9.42 Å². The molecule has 23 heavy (non-hydrogen) atoms. The van der Waals surface area contributed by atoms with Gasteiger partial charge in [-0.2, -0.15) is 0 Å². The number of aryl methyl sites for hydroxylation is 1. The Morgan fingerprint density at radius 1 is 1.30 bits per heavy atom. The Kier molecular flexibility index (Phi) is 5.77. The van der Waals surface area contributed by atoms with Crippen LogP contribution in [0.3, 0.4) is 0 Å². The van der Waals surface area contributed by atoms with E-state index in [2.05, 4.69) is 5.16 Å². The molecule has 6 heteroatoms. The molecule has 0 saturated heterocycles. The largest absolute Gasteiger partial charge is 0.360 e.